The first-order valence-corrected chi connectivity index (χ1v) is 11.0. The van der Waals surface area contributed by atoms with Crippen LogP contribution < -0.4 is 0 Å². The van der Waals surface area contributed by atoms with Crippen molar-refractivity contribution in [1.29, 1.82) is 0 Å². The fraction of sp³-hybridized carbons (Fsp3) is 0.214. The van der Waals surface area contributed by atoms with Crippen molar-refractivity contribution in [2.75, 3.05) is 0 Å². The number of hydrogen-bond donors (Lipinski definition) is 0. The molecule has 0 radical (unpaired) electrons. The van der Waals surface area contributed by atoms with E-state index >= 15 is 0 Å². The molecule has 0 N–H and O–H groups in total. The maximum Gasteiger partial charge on any atom is 0.190 e. The Morgan fingerprint density at radius 1 is 0.438 bits per heavy atom. The van der Waals surface area contributed by atoms with Crippen LogP contribution in [0.4, 0.5) is 0 Å². The van der Waals surface area contributed by atoms with E-state index in [-0.39, 0.29) is 23.1 Å². The van der Waals surface area contributed by atoms with E-state index in [0.717, 1.165) is 36.8 Å². The third kappa shape index (κ3) is 3.23. The van der Waals surface area contributed by atoms with Gasteiger partial charge < -0.3 is 0 Å². The van der Waals surface area contributed by atoms with Gasteiger partial charge in [-0.3, -0.25) is 19.2 Å². The molecular formula is C28H22O4. The normalized spacial score (nSPS) is 19.0. The van der Waals surface area contributed by atoms with E-state index in [9.17, 15) is 19.2 Å². The number of benzene rings is 2. The SMILES string of the molecule is O=C1C2=C(CC=CC2)C(=O)c2ccccc21.O=C1C2=C(CCCC2)C(=O)c2ccccc21. The summed E-state index contributed by atoms with van der Waals surface area (Å²) in [4.78, 5) is 48.7. The van der Waals surface area contributed by atoms with Crippen LogP contribution in [0.15, 0.2) is 83.0 Å². The maximum atomic E-state index is 12.2. The van der Waals surface area contributed by atoms with Crippen LogP contribution in [-0.4, -0.2) is 23.1 Å². The van der Waals surface area contributed by atoms with Gasteiger partial charge in [0.1, 0.15) is 0 Å². The van der Waals surface area contributed by atoms with Gasteiger partial charge in [-0.15, -0.1) is 0 Å². The third-order valence-electron chi connectivity index (χ3n) is 6.57. The molecule has 0 atom stereocenters. The second-order valence-electron chi connectivity index (χ2n) is 8.41. The Bertz CT molecular complexity index is 1110. The van der Waals surface area contributed by atoms with Gasteiger partial charge in [0.25, 0.3) is 0 Å². The second kappa shape index (κ2) is 8.12. The fourth-order valence-electron chi connectivity index (χ4n) is 4.92. The van der Waals surface area contributed by atoms with Gasteiger partial charge in [0, 0.05) is 44.5 Å². The summed E-state index contributed by atoms with van der Waals surface area (Å²) in [5.74, 6) is 0.193. The summed E-state index contributed by atoms with van der Waals surface area (Å²) in [5, 5.41) is 0. The number of ketones is 4. The van der Waals surface area contributed by atoms with Crippen molar-refractivity contribution in [3.05, 3.63) is 105 Å². The van der Waals surface area contributed by atoms with E-state index in [1.807, 2.05) is 24.3 Å². The zero-order valence-corrected chi connectivity index (χ0v) is 17.6. The number of carbonyl (C=O) groups is 4. The summed E-state index contributed by atoms with van der Waals surface area (Å²) < 4.78 is 0. The quantitative estimate of drug-likeness (QED) is 0.515. The van der Waals surface area contributed by atoms with Crippen molar-refractivity contribution in [2.45, 2.75) is 38.5 Å². The van der Waals surface area contributed by atoms with E-state index < -0.39 is 0 Å². The first-order valence-electron chi connectivity index (χ1n) is 11.0. The number of allylic oxidation sites excluding steroid dienone is 6. The average Bonchev–Trinajstić information content (AvgIpc) is 2.86. The molecule has 0 unspecified atom stereocenters. The lowest BCUT2D eigenvalue weighted by atomic mass is 9.77. The fourth-order valence-corrected chi connectivity index (χ4v) is 4.92. The highest BCUT2D eigenvalue weighted by Gasteiger charge is 2.33. The van der Waals surface area contributed by atoms with Gasteiger partial charge >= 0.3 is 0 Å². The van der Waals surface area contributed by atoms with E-state index in [0.29, 0.717) is 46.2 Å². The molecule has 0 heterocycles. The first-order chi connectivity index (χ1) is 15.6. The molecule has 2 aromatic rings. The van der Waals surface area contributed by atoms with Crippen LogP contribution in [0.25, 0.3) is 0 Å². The molecule has 32 heavy (non-hydrogen) atoms. The van der Waals surface area contributed by atoms with E-state index in [1.54, 1.807) is 36.4 Å². The van der Waals surface area contributed by atoms with E-state index in [1.165, 1.54) is 0 Å². The van der Waals surface area contributed by atoms with Crippen LogP contribution >= 0.6 is 0 Å². The second-order valence-corrected chi connectivity index (χ2v) is 8.41. The number of rotatable bonds is 0. The molecule has 4 heteroatoms. The maximum absolute atomic E-state index is 12.2. The monoisotopic (exact) mass is 422 g/mol. The molecule has 158 valence electrons. The van der Waals surface area contributed by atoms with Gasteiger partial charge in [0.2, 0.25) is 0 Å². The number of fused-ring (bicyclic) bond motifs is 2. The molecule has 0 saturated heterocycles. The van der Waals surface area contributed by atoms with Crippen molar-refractivity contribution < 1.29 is 19.2 Å². The van der Waals surface area contributed by atoms with E-state index in [4.69, 9.17) is 0 Å². The lowest BCUT2D eigenvalue weighted by Gasteiger charge is -2.24. The predicted octanol–water partition coefficient (Wildman–Crippen LogP) is 5.65. The Labute approximate surface area is 186 Å². The van der Waals surface area contributed by atoms with Crippen molar-refractivity contribution in [1.82, 2.24) is 0 Å². The van der Waals surface area contributed by atoms with Crippen LogP contribution in [0, 0.1) is 0 Å². The van der Waals surface area contributed by atoms with Gasteiger partial charge in [0.15, 0.2) is 23.1 Å². The molecule has 0 saturated carbocycles. The van der Waals surface area contributed by atoms with Crippen molar-refractivity contribution >= 4 is 23.1 Å². The Hall–Kier alpha value is -3.66. The molecule has 4 aliphatic rings. The van der Waals surface area contributed by atoms with Gasteiger partial charge in [0.05, 0.1) is 0 Å². The zero-order chi connectivity index (χ0) is 22.2. The van der Waals surface area contributed by atoms with Gasteiger partial charge in [-0.2, -0.15) is 0 Å². The zero-order valence-electron chi connectivity index (χ0n) is 17.6. The Kier molecular flexibility index (Phi) is 5.14. The molecule has 0 amide bonds. The Balaban J connectivity index is 0.000000135. The average molecular weight is 422 g/mol. The molecular weight excluding hydrogens is 400 g/mol. The largest absolute Gasteiger partial charge is 0.289 e. The molecule has 4 aliphatic carbocycles. The van der Waals surface area contributed by atoms with Crippen LogP contribution in [-0.2, 0) is 0 Å². The number of Topliss-reactive ketones (excluding diaryl/α,β-unsaturated/α-hetero) is 4. The highest BCUT2D eigenvalue weighted by atomic mass is 16.1. The van der Waals surface area contributed by atoms with Crippen LogP contribution in [0.1, 0.15) is 80.0 Å². The lowest BCUT2D eigenvalue weighted by molar-refractivity contribution is 0.0964. The first kappa shape index (κ1) is 20.3. The third-order valence-corrected chi connectivity index (χ3v) is 6.57. The Morgan fingerprint density at radius 2 is 0.750 bits per heavy atom. The molecule has 4 nitrogen and oxygen atoms in total. The van der Waals surface area contributed by atoms with Gasteiger partial charge in [-0.1, -0.05) is 60.7 Å². The number of carbonyl (C=O) groups excluding carboxylic acids is 4. The minimum Gasteiger partial charge on any atom is -0.289 e. The summed E-state index contributed by atoms with van der Waals surface area (Å²) in [6.07, 6.45) is 8.70. The van der Waals surface area contributed by atoms with Crippen LogP contribution in [0.3, 0.4) is 0 Å². The van der Waals surface area contributed by atoms with Crippen LogP contribution in [0.2, 0.25) is 0 Å². The standard InChI is InChI=1S/C14H12O2.C14H10O2/c2*15-13-9-5-1-2-6-10(9)14(16)12-8-4-3-7-11(12)13/h1-2,5-6H,3-4,7-8H2;1-6H,7-8H2. The lowest BCUT2D eigenvalue weighted by Crippen LogP contribution is -2.24. The highest BCUT2D eigenvalue weighted by Crippen LogP contribution is 2.35. The van der Waals surface area contributed by atoms with Crippen molar-refractivity contribution in [3.8, 4) is 0 Å². The summed E-state index contributed by atoms with van der Waals surface area (Å²) >= 11 is 0. The predicted molar refractivity (Wildman–Crippen MR) is 121 cm³/mol. The smallest absolute Gasteiger partial charge is 0.190 e. The summed E-state index contributed by atoms with van der Waals surface area (Å²) in [7, 11) is 0. The molecule has 0 aliphatic heterocycles. The highest BCUT2D eigenvalue weighted by molar-refractivity contribution is 6.28. The molecule has 0 spiro atoms. The van der Waals surface area contributed by atoms with Crippen molar-refractivity contribution in [3.63, 3.8) is 0 Å². The topological polar surface area (TPSA) is 68.3 Å². The molecule has 2 aromatic carbocycles. The summed E-state index contributed by atoms with van der Waals surface area (Å²) in [6, 6.07) is 14.2. The summed E-state index contributed by atoms with van der Waals surface area (Å²) in [6.45, 7) is 0. The Morgan fingerprint density at radius 3 is 1.09 bits per heavy atom. The van der Waals surface area contributed by atoms with Crippen LogP contribution in [0.5, 0.6) is 0 Å². The molecule has 0 aromatic heterocycles. The van der Waals surface area contributed by atoms with E-state index in [2.05, 4.69) is 0 Å². The molecule has 0 bridgehead atoms. The van der Waals surface area contributed by atoms with Gasteiger partial charge in [-0.25, -0.2) is 0 Å². The van der Waals surface area contributed by atoms with Gasteiger partial charge in [-0.05, 0) is 38.5 Å². The number of hydrogen-bond acceptors (Lipinski definition) is 4. The summed E-state index contributed by atoms with van der Waals surface area (Å²) in [5.41, 5.74) is 5.21. The molecule has 0 fully saturated rings. The van der Waals surface area contributed by atoms with Crippen molar-refractivity contribution in [2.24, 2.45) is 0 Å². The minimum atomic E-state index is 0.0227. The minimum absolute atomic E-state index is 0.0227. The molecule has 6 rings (SSSR count).